The third-order valence-corrected chi connectivity index (χ3v) is 9.98. The van der Waals surface area contributed by atoms with Crippen molar-refractivity contribution in [1.82, 2.24) is 14.1 Å². The van der Waals surface area contributed by atoms with E-state index in [-0.39, 0.29) is 16.7 Å². The van der Waals surface area contributed by atoms with E-state index in [1.165, 1.54) is 46.8 Å². The van der Waals surface area contributed by atoms with E-state index in [1.54, 1.807) is 9.80 Å². The number of carbonyl (C=O) groups is 3. The molecule has 0 saturated heterocycles. The fourth-order valence-corrected chi connectivity index (χ4v) is 7.28. The molecular weight excluding hydrogens is 524 g/mol. The molecule has 9 nitrogen and oxygen atoms in total. The third-order valence-electron chi connectivity index (χ3n) is 6.86. The summed E-state index contributed by atoms with van der Waals surface area (Å²) in [6.07, 6.45) is 2.21. The van der Waals surface area contributed by atoms with Gasteiger partial charge in [0, 0.05) is 50.1 Å². The molecule has 11 heteroatoms. The zero-order valence-electron chi connectivity index (χ0n) is 22.9. The molecule has 1 N–H and O–H groups in total. The molecule has 0 fully saturated rings. The van der Waals surface area contributed by atoms with Crippen molar-refractivity contribution in [1.29, 1.82) is 0 Å². The lowest BCUT2D eigenvalue weighted by atomic mass is 10.0. The highest BCUT2D eigenvalue weighted by molar-refractivity contribution is 7.89. The summed E-state index contributed by atoms with van der Waals surface area (Å²) >= 11 is 1.32. The molecule has 1 aliphatic rings. The number of rotatable bonds is 11. The molecule has 208 valence electrons. The second-order valence-electron chi connectivity index (χ2n) is 9.20. The van der Waals surface area contributed by atoms with Gasteiger partial charge in [-0.15, -0.1) is 11.3 Å². The van der Waals surface area contributed by atoms with Crippen molar-refractivity contribution < 1.29 is 22.8 Å². The van der Waals surface area contributed by atoms with Crippen LogP contribution in [0.3, 0.4) is 0 Å². The average Bonchev–Trinajstić information content (AvgIpc) is 3.26. The minimum atomic E-state index is -3.65. The van der Waals surface area contributed by atoms with Crippen LogP contribution in [0, 0.1) is 0 Å². The number of fused-ring (bicyclic) bond motifs is 1. The number of amides is 3. The van der Waals surface area contributed by atoms with Gasteiger partial charge in [0.05, 0.1) is 17.0 Å². The van der Waals surface area contributed by atoms with Crippen molar-refractivity contribution in [2.75, 3.05) is 38.0 Å². The van der Waals surface area contributed by atoms with Gasteiger partial charge in [-0.25, -0.2) is 8.42 Å². The Labute approximate surface area is 229 Å². The number of anilines is 1. The highest BCUT2D eigenvalue weighted by Crippen LogP contribution is 2.38. The number of nitrogens with zero attached hydrogens (tertiary/aromatic N) is 3. The predicted molar refractivity (Wildman–Crippen MR) is 150 cm³/mol. The van der Waals surface area contributed by atoms with Crippen LogP contribution in [-0.2, 0) is 27.8 Å². The Morgan fingerprint density at radius 3 is 2.24 bits per heavy atom. The molecule has 2 aromatic rings. The van der Waals surface area contributed by atoms with Crippen LogP contribution in [0.5, 0.6) is 0 Å². The van der Waals surface area contributed by atoms with Crippen LogP contribution >= 0.6 is 11.3 Å². The van der Waals surface area contributed by atoms with Crippen LogP contribution in [0.15, 0.2) is 29.2 Å². The van der Waals surface area contributed by atoms with Crippen molar-refractivity contribution in [2.45, 2.75) is 65.3 Å². The lowest BCUT2D eigenvalue weighted by molar-refractivity contribution is -0.129. The van der Waals surface area contributed by atoms with E-state index >= 15 is 0 Å². The van der Waals surface area contributed by atoms with Gasteiger partial charge in [0.2, 0.25) is 15.9 Å². The predicted octanol–water partition coefficient (Wildman–Crippen LogP) is 4.20. The molecule has 1 aliphatic heterocycles. The summed E-state index contributed by atoms with van der Waals surface area (Å²) in [7, 11) is -3.65. The van der Waals surface area contributed by atoms with Gasteiger partial charge in [-0.3, -0.25) is 14.4 Å². The Balaban J connectivity index is 1.90. The molecule has 3 amide bonds. The topological polar surface area (TPSA) is 107 Å². The summed E-state index contributed by atoms with van der Waals surface area (Å²) in [6, 6.07) is 5.88. The summed E-state index contributed by atoms with van der Waals surface area (Å²) in [5, 5.41) is 3.36. The van der Waals surface area contributed by atoms with Crippen molar-refractivity contribution in [2.24, 2.45) is 0 Å². The maximum Gasteiger partial charge on any atom is 0.257 e. The first-order valence-electron chi connectivity index (χ1n) is 13.2. The fraction of sp³-hybridized carbons (Fsp3) is 0.519. The van der Waals surface area contributed by atoms with Gasteiger partial charge in [0.25, 0.3) is 11.8 Å². The normalized spacial score (nSPS) is 13.4. The van der Waals surface area contributed by atoms with Gasteiger partial charge in [0.15, 0.2) is 0 Å². The second kappa shape index (κ2) is 12.9. The van der Waals surface area contributed by atoms with Crippen molar-refractivity contribution in [3.05, 3.63) is 45.8 Å². The molecule has 3 rings (SSSR count). The van der Waals surface area contributed by atoms with Gasteiger partial charge < -0.3 is 15.1 Å². The first-order valence-corrected chi connectivity index (χ1v) is 15.4. The molecule has 0 atom stereocenters. The van der Waals surface area contributed by atoms with Gasteiger partial charge in [0.1, 0.15) is 5.00 Å². The van der Waals surface area contributed by atoms with Crippen LogP contribution in [0.2, 0.25) is 0 Å². The number of thiophene rings is 1. The first-order chi connectivity index (χ1) is 18.1. The van der Waals surface area contributed by atoms with Crippen LogP contribution in [-0.4, -0.2) is 73.0 Å². The average molecular weight is 563 g/mol. The van der Waals surface area contributed by atoms with Crippen LogP contribution in [0.1, 0.15) is 78.6 Å². The third kappa shape index (κ3) is 6.27. The molecule has 0 saturated carbocycles. The summed E-state index contributed by atoms with van der Waals surface area (Å²) in [5.41, 5.74) is 1.66. The smallest absolute Gasteiger partial charge is 0.257 e. The highest BCUT2D eigenvalue weighted by atomic mass is 32.2. The maximum absolute atomic E-state index is 13.4. The SMILES string of the molecule is CCCCN(CC)S(=O)(=O)c1ccc(C(=O)Nc2sc3c(c2C(=O)N(CC)CC)CCN(C(C)=O)C3)cc1. The molecule has 0 radical (unpaired) electrons. The number of benzene rings is 1. The molecule has 0 aliphatic carbocycles. The van der Waals surface area contributed by atoms with Crippen LogP contribution in [0.25, 0.3) is 0 Å². The van der Waals surface area contributed by atoms with Crippen molar-refractivity contribution >= 4 is 44.1 Å². The molecule has 38 heavy (non-hydrogen) atoms. The summed E-state index contributed by atoms with van der Waals surface area (Å²) in [5.74, 6) is -0.604. The van der Waals surface area contributed by atoms with Crippen LogP contribution < -0.4 is 5.32 Å². The number of nitrogens with one attached hydrogen (secondary N) is 1. The molecule has 2 heterocycles. The quantitative estimate of drug-likeness (QED) is 0.442. The van der Waals surface area contributed by atoms with Gasteiger partial charge in [-0.1, -0.05) is 20.3 Å². The molecular formula is C27H38N4O5S2. The summed E-state index contributed by atoms with van der Waals surface area (Å²) in [4.78, 5) is 43.1. The van der Waals surface area contributed by atoms with E-state index in [4.69, 9.17) is 0 Å². The lowest BCUT2D eigenvalue weighted by Gasteiger charge is -2.27. The number of sulfonamides is 1. The minimum absolute atomic E-state index is 0.0300. The number of carbonyl (C=O) groups excluding carboxylic acids is 3. The number of hydrogen-bond acceptors (Lipinski definition) is 6. The molecule has 0 unspecified atom stereocenters. The van der Waals surface area contributed by atoms with E-state index < -0.39 is 15.9 Å². The Morgan fingerprint density at radius 1 is 1.03 bits per heavy atom. The zero-order valence-corrected chi connectivity index (χ0v) is 24.5. The largest absolute Gasteiger partial charge is 0.339 e. The van der Waals surface area contributed by atoms with E-state index in [2.05, 4.69) is 5.32 Å². The highest BCUT2D eigenvalue weighted by Gasteiger charge is 2.31. The Hall–Kier alpha value is -2.76. The van der Waals surface area contributed by atoms with Crippen molar-refractivity contribution in [3.63, 3.8) is 0 Å². The van der Waals surface area contributed by atoms with Crippen LogP contribution in [0.4, 0.5) is 5.00 Å². The van der Waals surface area contributed by atoms with E-state index in [0.717, 1.165) is 23.3 Å². The van der Waals surface area contributed by atoms with E-state index in [0.29, 0.717) is 61.8 Å². The Morgan fingerprint density at radius 2 is 1.68 bits per heavy atom. The van der Waals surface area contributed by atoms with E-state index in [9.17, 15) is 22.8 Å². The number of unbranched alkanes of at least 4 members (excludes halogenated alkanes) is 1. The van der Waals surface area contributed by atoms with Gasteiger partial charge in [-0.2, -0.15) is 4.31 Å². The summed E-state index contributed by atoms with van der Waals surface area (Å²) in [6.45, 7) is 12.0. The minimum Gasteiger partial charge on any atom is -0.339 e. The first kappa shape index (κ1) is 29.8. The molecule has 0 spiro atoms. The standard InChI is InChI=1S/C27H38N4O5S2/c1-6-10-16-31(9-4)38(35,36)21-13-11-20(12-14-21)25(33)28-26-24(27(34)29(7-2)8-3)22-15-17-30(19(5)32)18-23(22)37-26/h11-14H,6-10,15-18H2,1-5H3,(H,28,33). The monoisotopic (exact) mass is 562 g/mol. The molecule has 0 bridgehead atoms. The van der Waals surface area contributed by atoms with Gasteiger partial charge in [-0.05, 0) is 56.5 Å². The Kier molecular flexibility index (Phi) is 10.1. The maximum atomic E-state index is 13.4. The summed E-state index contributed by atoms with van der Waals surface area (Å²) < 4.78 is 27.5. The number of hydrogen-bond donors (Lipinski definition) is 1. The van der Waals surface area contributed by atoms with Crippen molar-refractivity contribution in [3.8, 4) is 0 Å². The van der Waals surface area contributed by atoms with E-state index in [1.807, 2.05) is 27.7 Å². The zero-order chi connectivity index (χ0) is 28.0. The molecule has 1 aromatic heterocycles. The lowest BCUT2D eigenvalue weighted by Crippen LogP contribution is -2.35. The second-order valence-corrected chi connectivity index (χ2v) is 12.2. The van der Waals surface area contributed by atoms with Gasteiger partial charge >= 0.3 is 0 Å². The molecule has 1 aromatic carbocycles. The fourth-order valence-electron chi connectivity index (χ4n) is 4.54. The Bertz CT molecular complexity index is 1270.